The van der Waals surface area contributed by atoms with Crippen LogP contribution in [0.5, 0.6) is 0 Å². The highest BCUT2D eigenvalue weighted by molar-refractivity contribution is 6.29. The van der Waals surface area contributed by atoms with Crippen molar-refractivity contribution in [2.75, 3.05) is 9.80 Å². The molecule has 0 saturated heterocycles. The molecule has 0 radical (unpaired) electrons. The Labute approximate surface area is 499 Å². The van der Waals surface area contributed by atoms with Gasteiger partial charge < -0.3 is 18.6 Å². The van der Waals surface area contributed by atoms with E-state index < -0.39 is 0 Å². The highest BCUT2D eigenvalue weighted by atomic mass is 16.3. The molecule has 0 saturated carbocycles. The van der Waals surface area contributed by atoms with E-state index in [1.165, 1.54) is 77.3 Å². The van der Waals surface area contributed by atoms with Crippen LogP contribution in [0.1, 0.15) is 63.8 Å². The molecule has 0 bridgehead atoms. The van der Waals surface area contributed by atoms with Gasteiger partial charge in [-0.3, -0.25) is 4.40 Å². The quantitative estimate of drug-likeness (QED) is 0.152. The van der Waals surface area contributed by atoms with Gasteiger partial charge in [-0.25, -0.2) is 0 Å². The van der Waals surface area contributed by atoms with Gasteiger partial charge in [0.2, 0.25) is 5.71 Å². The van der Waals surface area contributed by atoms with Crippen LogP contribution >= 0.6 is 0 Å². The molecule has 12 aromatic carbocycles. The molecule has 1 aliphatic carbocycles. The number of fused-ring (bicyclic) bond motifs is 15. The minimum atomic E-state index is -0.00495. The van der Waals surface area contributed by atoms with Crippen molar-refractivity contribution in [2.45, 2.75) is 58.8 Å². The van der Waals surface area contributed by atoms with Gasteiger partial charge in [0.25, 0.3) is 0 Å². The molecule has 0 spiro atoms. The van der Waals surface area contributed by atoms with Gasteiger partial charge in [0.05, 0.1) is 33.5 Å². The number of para-hydroxylation sites is 2. The Morgan fingerprint density at radius 2 is 0.953 bits per heavy atom. The number of hydrogen-bond acceptors (Lipinski definition) is 4. The van der Waals surface area contributed by atoms with Gasteiger partial charge in [0.1, 0.15) is 11.2 Å². The predicted octanol–water partition coefficient (Wildman–Crippen LogP) is 23.1. The molecule has 412 valence electrons. The fourth-order valence-corrected chi connectivity index (χ4v) is 14.0. The van der Waals surface area contributed by atoms with Crippen LogP contribution in [0.25, 0.3) is 115 Å². The summed E-state index contributed by atoms with van der Waals surface area (Å²) in [5, 5.41) is 10.3. The Morgan fingerprint density at radius 3 is 1.67 bits per heavy atom. The normalized spacial score (nSPS) is 12.7. The first-order valence-corrected chi connectivity index (χ1v) is 30.1. The first kappa shape index (κ1) is 50.2. The fraction of sp³-hybridized carbons (Fsp3) is 0.111. The second-order valence-electron chi connectivity index (χ2n) is 25.7. The second kappa shape index (κ2) is 18.6. The summed E-state index contributed by atoms with van der Waals surface area (Å²) in [6, 6.07) is 91.7. The number of aromatic nitrogens is 1. The lowest BCUT2D eigenvalue weighted by Gasteiger charge is -2.29. The second-order valence-corrected chi connectivity index (χ2v) is 25.7. The summed E-state index contributed by atoms with van der Waals surface area (Å²) in [4.78, 5) is 4.81. The zero-order chi connectivity index (χ0) is 57.7. The number of nitrogens with zero attached hydrogens (tertiary/aromatic N) is 3. The third-order valence-corrected chi connectivity index (χ3v) is 18.4. The van der Waals surface area contributed by atoms with Crippen molar-refractivity contribution in [1.29, 1.82) is 0 Å². The third-order valence-electron chi connectivity index (χ3n) is 18.4. The summed E-state index contributed by atoms with van der Waals surface area (Å²) < 4.78 is 16.7. The minimum absolute atomic E-state index is 0.00495. The summed E-state index contributed by atoms with van der Waals surface area (Å²) in [5.41, 5.74) is 24.7. The van der Waals surface area contributed by atoms with E-state index in [0.717, 1.165) is 101 Å². The first-order chi connectivity index (χ1) is 41.9. The minimum Gasteiger partial charge on any atom is -0.454 e. The molecule has 5 nitrogen and oxygen atoms in total. The molecule has 5 heteroatoms. The molecule has 4 heterocycles. The van der Waals surface area contributed by atoms with E-state index >= 15 is 0 Å². The largest absolute Gasteiger partial charge is 0.454 e. The van der Waals surface area contributed by atoms with Crippen LogP contribution in [0.15, 0.2) is 258 Å². The van der Waals surface area contributed by atoms with Gasteiger partial charge >= 0.3 is 0 Å². The van der Waals surface area contributed by atoms with Gasteiger partial charge in [-0.1, -0.05) is 199 Å². The molecular formula is C81H61N3O2. The van der Waals surface area contributed by atoms with E-state index in [0.29, 0.717) is 0 Å². The predicted molar refractivity (Wildman–Crippen MR) is 362 cm³/mol. The smallest absolute Gasteiger partial charge is 0.213 e. The van der Waals surface area contributed by atoms with Crippen molar-refractivity contribution in [3.8, 4) is 33.4 Å². The summed E-state index contributed by atoms with van der Waals surface area (Å²) >= 11 is 0. The van der Waals surface area contributed by atoms with Gasteiger partial charge in [-0.05, 0) is 162 Å². The first-order valence-electron chi connectivity index (χ1n) is 30.1. The lowest BCUT2D eigenvalue weighted by Crippen LogP contribution is -2.14. The summed E-state index contributed by atoms with van der Waals surface area (Å²) in [6.45, 7) is 13.6. The maximum atomic E-state index is 7.30. The van der Waals surface area contributed by atoms with Crippen molar-refractivity contribution in [3.63, 3.8) is 0 Å². The van der Waals surface area contributed by atoms with Crippen LogP contribution in [0, 0.1) is 0 Å². The van der Waals surface area contributed by atoms with Crippen LogP contribution in [0.4, 0.5) is 34.1 Å². The lowest BCUT2D eigenvalue weighted by molar-refractivity contribution is 0.590. The number of rotatable bonds is 8. The summed E-state index contributed by atoms with van der Waals surface area (Å²) in [7, 11) is 0. The van der Waals surface area contributed by atoms with E-state index in [-0.39, 0.29) is 10.8 Å². The van der Waals surface area contributed by atoms with Gasteiger partial charge in [-0.2, -0.15) is 0 Å². The third kappa shape index (κ3) is 7.77. The molecule has 0 atom stereocenters. The Hall–Kier alpha value is -10.4. The van der Waals surface area contributed by atoms with Crippen LogP contribution in [0.3, 0.4) is 0 Å². The highest BCUT2D eigenvalue weighted by Gasteiger charge is 2.29. The molecule has 86 heavy (non-hydrogen) atoms. The Bertz CT molecular complexity index is 5380. The van der Waals surface area contributed by atoms with Crippen molar-refractivity contribution >= 4 is 116 Å². The maximum absolute atomic E-state index is 7.30. The van der Waals surface area contributed by atoms with Gasteiger partial charge in [-0.15, -0.1) is 0 Å². The lowest BCUT2D eigenvalue weighted by atomic mass is 9.87. The van der Waals surface area contributed by atoms with E-state index in [2.05, 4.69) is 304 Å². The number of anilines is 6. The summed E-state index contributed by atoms with van der Waals surface area (Å²) in [6.07, 6.45) is 0.854. The Balaban J connectivity index is 0.815. The van der Waals surface area contributed by atoms with Gasteiger partial charge in [0.15, 0.2) is 5.58 Å². The van der Waals surface area contributed by atoms with E-state index in [9.17, 15) is 0 Å². The molecular weight excluding hydrogens is 1050 g/mol. The molecule has 0 aliphatic heterocycles. The summed E-state index contributed by atoms with van der Waals surface area (Å²) in [5.74, 6) is 0. The highest BCUT2D eigenvalue weighted by Crippen LogP contribution is 2.51. The zero-order valence-corrected chi connectivity index (χ0v) is 49.0. The van der Waals surface area contributed by atoms with Crippen molar-refractivity contribution < 1.29 is 8.83 Å². The van der Waals surface area contributed by atoms with Gasteiger partial charge in [0, 0.05) is 61.9 Å². The molecule has 4 aromatic heterocycles. The monoisotopic (exact) mass is 1110 g/mol. The van der Waals surface area contributed by atoms with Crippen LogP contribution < -0.4 is 9.80 Å². The molecule has 17 rings (SSSR count). The zero-order valence-electron chi connectivity index (χ0n) is 49.0. The maximum Gasteiger partial charge on any atom is 0.213 e. The fourth-order valence-electron chi connectivity index (χ4n) is 14.0. The number of benzene rings is 12. The number of hydrogen-bond donors (Lipinski definition) is 0. The molecule has 0 fully saturated rings. The van der Waals surface area contributed by atoms with Crippen molar-refractivity contribution in [2.24, 2.45) is 0 Å². The Morgan fingerprint density at radius 1 is 0.372 bits per heavy atom. The molecule has 16 aromatic rings. The van der Waals surface area contributed by atoms with Crippen molar-refractivity contribution in [1.82, 2.24) is 4.40 Å². The SMILES string of the molecule is CC(C)(C)c1ccc(N(c2ccc3cc4c5cccc6c7c8ccc(N(c9ccc(C(C)(C)C)cc9)c9cccc%10c9oc9cc(-c%11ccccc%11)ccc9%10)cc8oc7n(c4cc3c2)c56)c2cccc3c2Cc2cc(-c4ccccc4)ccc2-3)cc1. The van der Waals surface area contributed by atoms with E-state index in [1.807, 2.05) is 0 Å². The molecule has 0 N–H and O–H groups in total. The van der Waals surface area contributed by atoms with Crippen LogP contribution in [0.2, 0.25) is 0 Å². The van der Waals surface area contributed by atoms with Crippen molar-refractivity contribution in [3.05, 3.63) is 271 Å². The molecule has 0 unspecified atom stereocenters. The average molecular weight is 1110 g/mol. The Kier molecular flexibility index (Phi) is 10.8. The average Bonchev–Trinajstić information content (AvgIpc) is 1.57. The van der Waals surface area contributed by atoms with E-state index in [1.54, 1.807) is 0 Å². The standard InChI is InChI=1S/C81H61N3O2/c1-80(2,3)56-29-34-58(35-30-56)82(71-24-14-20-63-62-39-27-51(42-55(62)45-69(63)71)49-16-9-7-10-17-49)60-33-26-52-44-70-65-21-13-23-68-76-67-41-38-61(48-75(67)86-79(76)84(77(65)68)73(70)46-54(52)43-60)83(59-36-31-57(32-37-59)81(4,5)6)72-25-15-22-66-64-40-28-53(47-74(64)85-78(66)72)50-18-11-8-12-19-50/h7-44,46-48H,45H2,1-6H3. The number of furan rings is 2. The molecule has 0 amide bonds. The topological polar surface area (TPSA) is 37.2 Å². The molecule has 1 aliphatic rings. The van der Waals surface area contributed by atoms with E-state index in [4.69, 9.17) is 8.83 Å². The van der Waals surface area contributed by atoms with Crippen LogP contribution in [-0.2, 0) is 17.3 Å². The van der Waals surface area contributed by atoms with Crippen LogP contribution in [-0.4, -0.2) is 4.40 Å².